The molecule has 1 aromatic heterocycles. The number of carbonyl (C=O) groups excluding carboxylic acids is 1. The lowest BCUT2D eigenvalue weighted by Crippen LogP contribution is -2.48. The maximum Gasteiger partial charge on any atom is 0.322 e. The summed E-state index contributed by atoms with van der Waals surface area (Å²) < 4.78 is 33.9. The van der Waals surface area contributed by atoms with E-state index < -0.39 is 27.4 Å². The van der Waals surface area contributed by atoms with Crippen LogP contribution < -0.4 is 10.0 Å². The molecule has 0 saturated carbocycles. The second-order valence-corrected chi connectivity index (χ2v) is 13.7. The molecule has 0 spiro atoms. The van der Waals surface area contributed by atoms with Crippen molar-refractivity contribution in [1.82, 2.24) is 4.72 Å². The summed E-state index contributed by atoms with van der Waals surface area (Å²) in [5, 5.41) is 13.2. The number of carbonyl (C=O) groups is 2. The van der Waals surface area contributed by atoms with Gasteiger partial charge in [-0.3, -0.25) is 9.59 Å². The Bertz CT molecular complexity index is 1820. The summed E-state index contributed by atoms with van der Waals surface area (Å²) in [5.74, 6) is 5.48. The van der Waals surface area contributed by atoms with E-state index in [2.05, 4.69) is 35.7 Å². The third-order valence-electron chi connectivity index (χ3n) is 6.92. The van der Waals surface area contributed by atoms with Crippen molar-refractivity contribution in [3.8, 4) is 23.0 Å². The molecule has 4 aromatic rings. The van der Waals surface area contributed by atoms with Gasteiger partial charge in [0.1, 0.15) is 11.6 Å². The van der Waals surface area contributed by atoms with Gasteiger partial charge in [-0.05, 0) is 65.8 Å². The molecule has 1 amide bonds. The molecular weight excluding hydrogens is 564 g/mol. The highest BCUT2D eigenvalue weighted by Gasteiger charge is 2.35. The van der Waals surface area contributed by atoms with Gasteiger partial charge in [-0.1, -0.05) is 76.8 Å². The van der Waals surface area contributed by atoms with Crippen LogP contribution in [-0.4, -0.2) is 31.4 Å². The number of sulfonamides is 1. The van der Waals surface area contributed by atoms with Crippen LogP contribution in [-0.2, 0) is 14.8 Å². The first kappa shape index (κ1) is 31.5. The van der Waals surface area contributed by atoms with Gasteiger partial charge in [0.15, 0.2) is 5.76 Å². The van der Waals surface area contributed by atoms with Gasteiger partial charge in [-0.2, -0.15) is 4.72 Å². The summed E-state index contributed by atoms with van der Waals surface area (Å²) in [7, 11) is -4.05. The van der Waals surface area contributed by atoms with E-state index in [0.29, 0.717) is 17.2 Å². The zero-order chi connectivity index (χ0) is 31.5. The Labute approximate surface area is 252 Å². The first-order chi connectivity index (χ1) is 20.2. The number of aryl methyl sites for hydroxylation is 1. The zero-order valence-electron chi connectivity index (χ0n) is 25.1. The van der Waals surface area contributed by atoms with Crippen LogP contribution in [0.2, 0.25) is 0 Å². The fraction of sp³-hybridized carbons (Fsp3) is 0.294. The summed E-state index contributed by atoms with van der Waals surface area (Å²) >= 11 is 0. The monoisotopic (exact) mass is 600 g/mol. The molecule has 0 aliphatic carbocycles. The van der Waals surface area contributed by atoms with Gasteiger partial charge in [0.25, 0.3) is 5.91 Å². The van der Waals surface area contributed by atoms with Gasteiger partial charge in [0, 0.05) is 28.6 Å². The number of benzene rings is 3. The van der Waals surface area contributed by atoms with Gasteiger partial charge in [0.2, 0.25) is 10.0 Å². The quantitative estimate of drug-likeness (QED) is 0.190. The number of furan rings is 1. The van der Waals surface area contributed by atoms with E-state index >= 15 is 0 Å². The fourth-order valence-electron chi connectivity index (χ4n) is 4.56. The van der Waals surface area contributed by atoms with E-state index in [9.17, 15) is 23.1 Å². The number of carboxylic acid groups (broad SMARTS) is 1. The van der Waals surface area contributed by atoms with Gasteiger partial charge in [-0.25, -0.2) is 8.42 Å². The normalized spacial score (nSPS) is 12.5. The fourth-order valence-corrected chi connectivity index (χ4v) is 5.95. The standard InChI is InChI=1S/C34H36N2O6S/c1-21(2)9-7-10-25-11-8-12-28-29(25)22(3)30(42-28)32(37)35-26-17-13-23(14-18-26)24-15-19-27(20-16-24)43(40,41)36-31(33(38)39)34(4,5)6/h8,11-21,31,36H,9H2,1-6H3,(H,35,37)(H,38,39)/t31-/m1/s1. The Morgan fingerprint density at radius 3 is 2.12 bits per heavy atom. The largest absolute Gasteiger partial charge is 0.480 e. The van der Waals surface area contributed by atoms with Crippen molar-refractivity contribution in [2.24, 2.45) is 11.3 Å². The average molecular weight is 601 g/mol. The lowest BCUT2D eigenvalue weighted by molar-refractivity contribution is -0.141. The highest BCUT2D eigenvalue weighted by atomic mass is 32.2. The molecule has 1 heterocycles. The second kappa shape index (κ2) is 12.5. The van der Waals surface area contributed by atoms with E-state index in [1.165, 1.54) is 12.1 Å². The SMILES string of the molecule is Cc1c(C(=O)Nc2ccc(-c3ccc(S(=O)(=O)N[C@H](C(=O)O)C(C)(C)C)cc3)cc2)oc2cccc(C#CCC(C)C)c12. The molecule has 3 aromatic carbocycles. The molecule has 3 N–H and O–H groups in total. The maximum absolute atomic E-state index is 13.1. The van der Waals surface area contributed by atoms with Crippen LogP contribution in [0.15, 0.2) is 76.0 Å². The van der Waals surface area contributed by atoms with E-state index in [-0.39, 0.29) is 16.6 Å². The molecule has 0 saturated heterocycles. The van der Waals surface area contributed by atoms with Crippen LogP contribution in [0, 0.1) is 30.1 Å². The maximum atomic E-state index is 13.1. The molecule has 0 fully saturated rings. The molecule has 8 nitrogen and oxygen atoms in total. The molecule has 4 rings (SSSR count). The minimum atomic E-state index is -4.05. The molecule has 9 heteroatoms. The molecule has 0 aliphatic rings. The summed E-state index contributed by atoms with van der Waals surface area (Å²) in [6, 6.07) is 17.6. The highest BCUT2D eigenvalue weighted by Crippen LogP contribution is 2.30. The third-order valence-corrected chi connectivity index (χ3v) is 8.36. The van der Waals surface area contributed by atoms with Crippen molar-refractivity contribution in [2.75, 3.05) is 5.32 Å². The highest BCUT2D eigenvalue weighted by molar-refractivity contribution is 7.89. The molecule has 0 radical (unpaired) electrons. The first-order valence-electron chi connectivity index (χ1n) is 14.0. The van der Waals surface area contributed by atoms with Crippen molar-refractivity contribution >= 4 is 38.6 Å². The number of hydrogen-bond donors (Lipinski definition) is 3. The molecule has 43 heavy (non-hydrogen) atoms. The summed E-state index contributed by atoms with van der Waals surface area (Å²) in [6.45, 7) is 11.0. The van der Waals surface area contributed by atoms with Crippen molar-refractivity contribution in [2.45, 2.75) is 58.9 Å². The Morgan fingerprint density at radius 1 is 0.953 bits per heavy atom. The number of nitrogens with one attached hydrogen (secondary N) is 2. The predicted molar refractivity (Wildman–Crippen MR) is 168 cm³/mol. The first-order valence-corrected chi connectivity index (χ1v) is 15.4. The van der Waals surface area contributed by atoms with Gasteiger partial charge >= 0.3 is 5.97 Å². The topological polar surface area (TPSA) is 126 Å². The van der Waals surface area contributed by atoms with Crippen molar-refractivity contribution in [3.05, 3.63) is 83.6 Å². The van der Waals surface area contributed by atoms with Crippen LogP contribution in [0.3, 0.4) is 0 Å². The average Bonchev–Trinajstić information content (AvgIpc) is 3.28. The van der Waals surface area contributed by atoms with Crippen LogP contribution in [0.1, 0.15) is 62.7 Å². The molecule has 0 aliphatic heterocycles. The summed E-state index contributed by atoms with van der Waals surface area (Å²) in [5.41, 5.74) is 3.46. The van der Waals surface area contributed by atoms with E-state index in [0.717, 1.165) is 34.1 Å². The van der Waals surface area contributed by atoms with Crippen LogP contribution in [0.5, 0.6) is 0 Å². The third kappa shape index (κ3) is 7.34. The summed E-state index contributed by atoms with van der Waals surface area (Å²) in [4.78, 5) is 24.7. The Kier molecular flexibility index (Phi) is 9.14. The number of aliphatic carboxylic acids is 1. The molecule has 0 bridgehead atoms. The minimum absolute atomic E-state index is 0.0362. The van der Waals surface area contributed by atoms with E-state index in [4.69, 9.17) is 4.42 Å². The number of fused-ring (bicyclic) bond motifs is 1. The number of carboxylic acids is 1. The number of rotatable bonds is 8. The Balaban J connectivity index is 1.49. The number of amides is 1. The van der Waals surface area contributed by atoms with E-state index in [1.807, 2.05) is 37.3 Å². The van der Waals surface area contributed by atoms with Gasteiger partial charge in [0.05, 0.1) is 4.90 Å². The Hall–Kier alpha value is -4.39. The number of anilines is 1. The van der Waals surface area contributed by atoms with Crippen LogP contribution >= 0.6 is 0 Å². The van der Waals surface area contributed by atoms with E-state index in [1.54, 1.807) is 45.0 Å². The molecular formula is C34H36N2O6S. The van der Waals surface area contributed by atoms with Crippen molar-refractivity contribution < 1.29 is 27.5 Å². The van der Waals surface area contributed by atoms with Crippen LogP contribution in [0.25, 0.3) is 22.1 Å². The summed E-state index contributed by atoms with van der Waals surface area (Å²) in [6.07, 6.45) is 0.780. The van der Waals surface area contributed by atoms with Crippen molar-refractivity contribution in [1.29, 1.82) is 0 Å². The zero-order valence-corrected chi connectivity index (χ0v) is 25.9. The molecule has 0 unspecified atom stereocenters. The smallest absolute Gasteiger partial charge is 0.322 e. The lowest BCUT2D eigenvalue weighted by atomic mass is 9.88. The molecule has 1 atom stereocenters. The van der Waals surface area contributed by atoms with Gasteiger partial charge < -0.3 is 14.8 Å². The lowest BCUT2D eigenvalue weighted by Gasteiger charge is -2.27. The minimum Gasteiger partial charge on any atom is -0.480 e. The van der Waals surface area contributed by atoms with Crippen LogP contribution in [0.4, 0.5) is 5.69 Å². The predicted octanol–water partition coefficient (Wildman–Crippen LogP) is 6.84. The second-order valence-electron chi connectivity index (χ2n) is 11.9. The van der Waals surface area contributed by atoms with Gasteiger partial charge in [-0.15, -0.1) is 0 Å². The Morgan fingerprint density at radius 2 is 1.56 bits per heavy atom. The van der Waals surface area contributed by atoms with Crippen molar-refractivity contribution in [3.63, 3.8) is 0 Å². The molecule has 224 valence electrons. The number of hydrogen-bond acceptors (Lipinski definition) is 5.